The van der Waals surface area contributed by atoms with Gasteiger partial charge in [-0.3, -0.25) is 0 Å². The number of benzene rings is 2. The molecule has 6 heteroatoms. The van der Waals surface area contributed by atoms with Crippen LogP contribution >= 0.6 is 12.4 Å². The number of amides is 1. The van der Waals surface area contributed by atoms with Gasteiger partial charge in [0.2, 0.25) is 0 Å². The minimum Gasteiger partial charge on any atom is -0.449 e. The van der Waals surface area contributed by atoms with Gasteiger partial charge in [0, 0.05) is 19.1 Å². The van der Waals surface area contributed by atoms with Crippen LogP contribution in [-0.4, -0.2) is 39.0 Å². The van der Waals surface area contributed by atoms with Gasteiger partial charge < -0.3 is 20.5 Å². The molecule has 0 fully saturated rings. The Morgan fingerprint density at radius 2 is 1.62 bits per heavy atom. The number of rotatable bonds is 8. The number of ether oxygens (including phenoxy) is 2. The van der Waals surface area contributed by atoms with Crippen molar-refractivity contribution in [3.05, 3.63) is 59.7 Å². The van der Waals surface area contributed by atoms with Gasteiger partial charge in [-0.1, -0.05) is 48.5 Å². The Morgan fingerprint density at radius 3 is 2.23 bits per heavy atom. The Balaban J connectivity index is 0.00000243. The number of halogens is 1. The summed E-state index contributed by atoms with van der Waals surface area (Å²) in [7, 11) is 0. The molecule has 0 unspecified atom stereocenters. The van der Waals surface area contributed by atoms with Crippen molar-refractivity contribution in [2.45, 2.75) is 12.3 Å². The highest BCUT2D eigenvalue weighted by Crippen LogP contribution is 2.44. The quantitative estimate of drug-likeness (QED) is 0.693. The average molecular weight is 377 g/mol. The molecule has 0 saturated carbocycles. The van der Waals surface area contributed by atoms with Crippen LogP contribution in [0.5, 0.6) is 0 Å². The van der Waals surface area contributed by atoms with Gasteiger partial charge in [0.1, 0.15) is 6.61 Å². The largest absolute Gasteiger partial charge is 0.449 e. The highest BCUT2D eigenvalue weighted by Gasteiger charge is 2.28. The molecule has 2 aromatic rings. The molecule has 26 heavy (non-hydrogen) atoms. The first kappa shape index (κ1) is 20.2. The lowest BCUT2D eigenvalue weighted by atomic mass is 9.98. The van der Waals surface area contributed by atoms with E-state index in [-0.39, 0.29) is 18.3 Å². The summed E-state index contributed by atoms with van der Waals surface area (Å²) in [4.78, 5) is 11.9. The standard InChI is InChI=1S/C20H24N2O3.ClH/c21-10-5-12-24-13-11-22-20(23)25-14-19-17-8-3-1-6-15(17)16-7-2-4-9-18(16)19;/h1-4,6-9,19H,5,10-14,21H2,(H,22,23);1H. The van der Waals surface area contributed by atoms with E-state index in [1.807, 2.05) is 24.3 Å². The van der Waals surface area contributed by atoms with Crippen LogP contribution in [0.2, 0.25) is 0 Å². The molecule has 5 nitrogen and oxygen atoms in total. The predicted molar refractivity (Wildman–Crippen MR) is 105 cm³/mol. The normalized spacial score (nSPS) is 12.0. The Morgan fingerprint density at radius 1 is 1.00 bits per heavy atom. The molecular weight excluding hydrogens is 352 g/mol. The molecule has 0 atom stereocenters. The van der Waals surface area contributed by atoms with Crippen molar-refractivity contribution in [2.75, 3.05) is 32.9 Å². The van der Waals surface area contributed by atoms with E-state index in [2.05, 4.69) is 29.6 Å². The number of hydrogen-bond donors (Lipinski definition) is 2. The summed E-state index contributed by atoms with van der Waals surface area (Å²) in [5.74, 6) is 0.0824. The van der Waals surface area contributed by atoms with Gasteiger partial charge in [-0.25, -0.2) is 4.79 Å². The number of carbonyl (C=O) groups is 1. The third kappa shape index (κ3) is 4.75. The summed E-state index contributed by atoms with van der Waals surface area (Å²) in [5.41, 5.74) is 10.3. The van der Waals surface area contributed by atoms with E-state index < -0.39 is 6.09 Å². The minimum absolute atomic E-state index is 0. The lowest BCUT2D eigenvalue weighted by molar-refractivity contribution is 0.120. The maximum atomic E-state index is 11.9. The van der Waals surface area contributed by atoms with Gasteiger partial charge in [0.05, 0.1) is 6.61 Å². The first-order valence-corrected chi connectivity index (χ1v) is 8.68. The second-order valence-electron chi connectivity index (χ2n) is 6.01. The average Bonchev–Trinajstić information content (AvgIpc) is 2.97. The SMILES string of the molecule is Cl.NCCCOCCNC(=O)OCC1c2ccccc2-c2ccccc21. The van der Waals surface area contributed by atoms with Crippen molar-refractivity contribution < 1.29 is 14.3 Å². The van der Waals surface area contributed by atoms with Gasteiger partial charge in [0.15, 0.2) is 0 Å². The zero-order valence-corrected chi connectivity index (χ0v) is 15.5. The summed E-state index contributed by atoms with van der Waals surface area (Å²) in [6.45, 7) is 2.45. The molecular formula is C20H25ClN2O3. The van der Waals surface area contributed by atoms with E-state index in [1.165, 1.54) is 22.3 Å². The monoisotopic (exact) mass is 376 g/mol. The van der Waals surface area contributed by atoms with Gasteiger partial charge in [0.25, 0.3) is 0 Å². The van der Waals surface area contributed by atoms with Crippen LogP contribution in [0.3, 0.4) is 0 Å². The fraction of sp³-hybridized carbons (Fsp3) is 0.350. The molecule has 2 aromatic carbocycles. The van der Waals surface area contributed by atoms with Gasteiger partial charge >= 0.3 is 6.09 Å². The molecule has 0 bridgehead atoms. The molecule has 0 radical (unpaired) electrons. The van der Waals surface area contributed by atoms with E-state index in [1.54, 1.807) is 0 Å². The van der Waals surface area contributed by atoms with Crippen LogP contribution in [0.1, 0.15) is 23.5 Å². The third-order valence-electron chi connectivity index (χ3n) is 4.35. The zero-order valence-electron chi connectivity index (χ0n) is 14.6. The van der Waals surface area contributed by atoms with E-state index in [9.17, 15) is 4.79 Å². The third-order valence-corrected chi connectivity index (χ3v) is 4.35. The van der Waals surface area contributed by atoms with Crippen molar-refractivity contribution in [3.8, 4) is 11.1 Å². The minimum atomic E-state index is -0.413. The van der Waals surface area contributed by atoms with Gasteiger partial charge in [-0.05, 0) is 35.2 Å². The molecule has 140 valence electrons. The van der Waals surface area contributed by atoms with Crippen LogP contribution in [0.4, 0.5) is 4.79 Å². The number of nitrogens with two attached hydrogens (primary N) is 1. The highest BCUT2D eigenvalue weighted by molar-refractivity contribution is 5.85. The number of fused-ring (bicyclic) bond motifs is 3. The molecule has 0 aromatic heterocycles. The first-order valence-electron chi connectivity index (χ1n) is 8.68. The molecule has 1 aliphatic carbocycles. The topological polar surface area (TPSA) is 73.6 Å². The summed E-state index contributed by atoms with van der Waals surface area (Å²) in [6, 6.07) is 16.6. The molecule has 0 saturated heterocycles. The van der Waals surface area contributed by atoms with Gasteiger partial charge in [-0.2, -0.15) is 0 Å². The lowest BCUT2D eigenvalue weighted by Gasteiger charge is -2.14. The van der Waals surface area contributed by atoms with Crippen molar-refractivity contribution >= 4 is 18.5 Å². The van der Waals surface area contributed by atoms with Crippen LogP contribution in [-0.2, 0) is 9.47 Å². The maximum Gasteiger partial charge on any atom is 0.407 e. The van der Waals surface area contributed by atoms with Crippen molar-refractivity contribution in [1.82, 2.24) is 5.32 Å². The van der Waals surface area contributed by atoms with Crippen LogP contribution in [0.25, 0.3) is 11.1 Å². The molecule has 3 N–H and O–H groups in total. The summed E-state index contributed by atoms with van der Waals surface area (Å²) >= 11 is 0. The Bertz CT molecular complexity index is 678. The number of carbonyl (C=O) groups excluding carboxylic acids is 1. The number of hydrogen-bond acceptors (Lipinski definition) is 4. The Labute approximate surface area is 160 Å². The van der Waals surface area contributed by atoms with E-state index >= 15 is 0 Å². The van der Waals surface area contributed by atoms with E-state index in [0.29, 0.717) is 32.9 Å². The maximum absolute atomic E-state index is 11.9. The molecule has 0 spiro atoms. The van der Waals surface area contributed by atoms with Crippen molar-refractivity contribution in [3.63, 3.8) is 0 Å². The molecule has 0 aliphatic heterocycles. The predicted octanol–water partition coefficient (Wildman–Crippen LogP) is 3.31. The molecule has 1 aliphatic rings. The Hall–Kier alpha value is -2.08. The van der Waals surface area contributed by atoms with Crippen LogP contribution < -0.4 is 11.1 Å². The smallest absolute Gasteiger partial charge is 0.407 e. The van der Waals surface area contributed by atoms with Crippen molar-refractivity contribution in [1.29, 1.82) is 0 Å². The molecule has 0 heterocycles. The molecule has 1 amide bonds. The van der Waals surface area contributed by atoms with Crippen LogP contribution in [0, 0.1) is 0 Å². The first-order chi connectivity index (χ1) is 12.3. The lowest BCUT2D eigenvalue weighted by Crippen LogP contribution is -2.29. The van der Waals surface area contributed by atoms with E-state index in [0.717, 1.165) is 6.42 Å². The fourth-order valence-electron chi connectivity index (χ4n) is 3.16. The number of nitrogens with one attached hydrogen (secondary N) is 1. The summed E-state index contributed by atoms with van der Waals surface area (Å²) in [6.07, 6.45) is 0.412. The van der Waals surface area contributed by atoms with Gasteiger partial charge in [-0.15, -0.1) is 12.4 Å². The van der Waals surface area contributed by atoms with Crippen LogP contribution in [0.15, 0.2) is 48.5 Å². The van der Waals surface area contributed by atoms with Crippen molar-refractivity contribution in [2.24, 2.45) is 5.73 Å². The summed E-state index contributed by atoms with van der Waals surface area (Å²) in [5, 5.41) is 2.71. The fourth-order valence-corrected chi connectivity index (χ4v) is 3.16. The number of alkyl carbamates (subject to hydrolysis) is 1. The van der Waals surface area contributed by atoms with E-state index in [4.69, 9.17) is 15.2 Å². The highest BCUT2D eigenvalue weighted by atomic mass is 35.5. The summed E-state index contributed by atoms with van der Waals surface area (Å²) < 4.78 is 10.8. The molecule has 3 rings (SSSR count). The second kappa shape index (κ2) is 10.2. The zero-order chi connectivity index (χ0) is 17.5. The second-order valence-corrected chi connectivity index (χ2v) is 6.01. The Kier molecular flexibility index (Phi) is 7.91.